The van der Waals surface area contributed by atoms with E-state index in [-0.39, 0.29) is 12.4 Å². The molecule has 0 aliphatic heterocycles. The predicted molar refractivity (Wildman–Crippen MR) is 66.4 cm³/mol. The van der Waals surface area contributed by atoms with E-state index >= 15 is 0 Å². The van der Waals surface area contributed by atoms with Gasteiger partial charge in [-0.1, -0.05) is 29.8 Å². The summed E-state index contributed by atoms with van der Waals surface area (Å²) in [6, 6.07) is 11.7. The molecule has 0 atom stereocenters. The number of anilines is 1. The van der Waals surface area contributed by atoms with Crippen molar-refractivity contribution in [3.05, 3.63) is 40.7 Å². The van der Waals surface area contributed by atoms with Gasteiger partial charge in [-0.3, -0.25) is 0 Å². The molecular weight excluding hydrogens is 237 g/mol. The van der Waals surface area contributed by atoms with Crippen molar-refractivity contribution in [1.29, 1.82) is 0 Å². The van der Waals surface area contributed by atoms with Crippen molar-refractivity contribution in [2.75, 3.05) is 5.73 Å². The number of hydrogen-bond acceptors (Lipinski definition) is 2. The molecule has 1 heterocycles. The minimum absolute atomic E-state index is 0. The van der Waals surface area contributed by atoms with Gasteiger partial charge in [0.25, 0.3) is 0 Å². The van der Waals surface area contributed by atoms with Crippen LogP contribution in [0.3, 0.4) is 0 Å². The van der Waals surface area contributed by atoms with E-state index < -0.39 is 0 Å². The molecule has 2 aromatic rings. The van der Waals surface area contributed by atoms with Crippen molar-refractivity contribution >= 4 is 41.0 Å². The summed E-state index contributed by atoms with van der Waals surface area (Å²) < 4.78 is 0.790. The van der Waals surface area contributed by atoms with Crippen LogP contribution in [0.1, 0.15) is 0 Å². The van der Waals surface area contributed by atoms with Crippen molar-refractivity contribution in [1.82, 2.24) is 0 Å². The molecule has 0 saturated carbocycles. The van der Waals surface area contributed by atoms with E-state index in [9.17, 15) is 0 Å². The first-order chi connectivity index (χ1) is 6.27. The van der Waals surface area contributed by atoms with Crippen LogP contribution in [0.2, 0.25) is 4.34 Å². The molecule has 0 amide bonds. The van der Waals surface area contributed by atoms with Crippen molar-refractivity contribution in [2.24, 2.45) is 0 Å². The largest absolute Gasteiger partial charge is 0.398 e. The average molecular weight is 246 g/mol. The van der Waals surface area contributed by atoms with Gasteiger partial charge in [0.2, 0.25) is 0 Å². The zero-order valence-electron chi connectivity index (χ0n) is 7.24. The Morgan fingerprint density at radius 2 is 1.79 bits per heavy atom. The Kier molecular flexibility index (Phi) is 3.81. The van der Waals surface area contributed by atoms with Crippen molar-refractivity contribution in [3.63, 3.8) is 0 Å². The van der Waals surface area contributed by atoms with E-state index in [0.29, 0.717) is 0 Å². The Morgan fingerprint density at radius 1 is 1.07 bits per heavy atom. The minimum Gasteiger partial charge on any atom is -0.398 e. The molecule has 0 saturated heterocycles. The molecule has 0 aliphatic carbocycles. The van der Waals surface area contributed by atoms with Crippen LogP contribution in [0.5, 0.6) is 0 Å². The number of thiophene rings is 1. The molecule has 2 N–H and O–H groups in total. The highest BCUT2D eigenvalue weighted by molar-refractivity contribution is 7.19. The quantitative estimate of drug-likeness (QED) is 0.754. The summed E-state index contributed by atoms with van der Waals surface area (Å²) in [6.07, 6.45) is 0. The molecule has 0 spiro atoms. The maximum Gasteiger partial charge on any atom is 0.0934 e. The Morgan fingerprint density at radius 3 is 2.36 bits per heavy atom. The second kappa shape index (κ2) is 4.69. The molecule has 1 aromatic carbocycles. The zero-order valence-corrected chi connectivity index (χ0v) is 9.62. The lowest BCUT2D eigenvalue weighted by molar-refractivity contribution is 1.68. The number of halogens is 2. The van der Waals surface area contributed by atoms with Crippen LogP contribution < -0.4 is 5.73 Å². The van der Waals surface area contributed by atoms with Crippen LogP contribution in [0.25, 0.3) is 10.4 Å². The molecule has 0 radical (unpaired) electrons. The highest BCUT2D eigenvalue weighted by atomic mass is 35.5. The van der Waals surface area contributed by atoms with Gasteiger partial charge in [-0.25, -0.2) is 0 Å². The van der Waals surface area contributed by atoms with Gasteiger partial charge in [0.1, 0.15) is 0 Å². The van der Waals surface area contributed by atoms with Crippen LogP contribution in [-0.2, 0) is 0 Å². The van der Waals surface area contributed by atoms with E-state index in [2.05, 4.69) is 0 Å². The summed E-state index contributed by atoms with van der Waals surface area (Å²) in [5.41, 5.74) is 7.67. The zero-order chi connectivity index (χ0) is 9.26. The molecule has 0 aliphatic rings. The van der Waals surface area contributed by atoms with Crippen LogP contribution >= 0.6 is 35.3 Å². The Hall–Kier alpha value is -0.700. The highest BCUT2D eigenvalue weighted by Crippen LogP contribution is 2.33. The summed E-state index contributed by atoms with van der Waals surface area (Å²) in [5.74, 6) is 0. The smallest absolute Gasteiger partial charge is 0.0934 e. The molecule has 0 unspecified atom stereocenters. The average Bonchev–Trinajstić information content (AvgIpc) is 2.53. The maximum atomic E-state index is 5.84. The number of benzene rings is 1. The first-order valence-electron chi connectivity index (χ1n) is 3.87. The maximum absolute atomic E-state index is 5.84. The number of nitrogen functional groups attached to an aromatic ring is 1. The minimum atomic E-state index is 0. The molecular formula is C10H9Cl2NS. The number of nitrogens with two attached hydrogens (primary N) is 1. The Balaban J connectivity index is 0.000000980. The monoisotopic (exact) mass is 245 g/mol. The lowest BCUT2D eigenvalue weighted by atomic mass is 10.1. The topological polar surface area (TPSA) is 26.0 Å². The fourth-order valence-electron chi connectivity index (χ4n) is 1.18. The Labute approximate surface area is 97.9 Å². The third-order valence-electron chi connectivity index (χ3n) is 1.80. The normalized spacial score (nSPS) is 9.50. The van der Waals surface area contributed by atoms with Crippen LogP contribution in [0, 0.1) is 0 Å². The second-order valence-electron chi connectivity index (χ2n) is 2.69. The SMILES string of the molecule is Cl.Nc1ccccc1-c1ccc(Cl)s1. The number of hydrogen-bond donors (Lipinski definition) is 1. The van der Waals surface area contributed by atoms with Gasteiger partial charge in [0.15, 0.2) is 0 Å². The molecule has 0 fully saturated rings. The summed E-state index contributed by atoms with van der Waals surface area (Å²) in [7, 11) is 0. The van der Waals surface area contributed by atoms with Crippen LogP contribution in [-0.4, -0.2) is 0 Å². The van der Waals surface area contributed by atoms with Crippen molar-refractivity contribution < 1.29 is 0 Å². The lowest BCUT2D eigenvalue weighted by Crippen LogP contribution is -1.86. The lowest BCUT2D eigenvalue weighted by Gasteiger charge is -2.00. The standard InChI is InChI=1S/C10H8ClNS.ClH/c11-10-6-5-9(13-10)7-3-1-2-4-8(7)12;/h1-6H,12H2;1H. The third kappa shape index (κ3) is 2.21. The number of rotatable bonds is 1. The van der Waals surface area contributed by atoms with Gasteiger partial charge in [-0.2, -0.15) is 0 Å². The third-order valence-corrected chi connectivity index (χ3v) is 3.06. The fraction of sp³-hybridized carbons (Fsp3) is 0. The van der Waals surface area contributed by atoms with Gasteiger partial charge >= 0.3 is 0 Å². The summed E-state index contributed by atoms with van der Waals surface area (Å²) >= 11 is 7.38. The molecule has 74 valence electrons. The van der Waals surface area contributed by atoms with Gasteiger partial charge < -0.3 is 5.73 Å². The summed E-state index contributed by atoms with van der Waals surface area (Å²) in [5, 5.41) is 0. The Bertz CT molecular complexity index is 426. The highest BCUT2D eigenvalue weighted by Gasteiger charge is 2.03. The second-order valence-corrected chi connectivity index (χ2v) is 4.41. The van der Waals surface area contributed by atoms with E-state index in [1.807, 2.05) is 36.4 Å². The summed E-state index contributed by atoms with van der Waals surface area (Å²) in [4.78, 5) is 1.11. The van der Waals surface area contributed by atoms with Crippen molar-refractivity contribution in [2.45, 2.75) is 0 Å². The molecule has 1 nitrogen and oxygen atoms in total. The molecule has 0 bridgehead atoms. The summed E-state index contributed by atoms with van der Waals surface area (Å²) in [6.45, 7) is 0. The molecule has 2 rings (SSSR count). The molecule has 4 heteroatoms. The molecule has 14 heavy (non-hydrogen) atoms. The van der Waals surface area contributed by atoms with Gasteiger partial charge in [-0.15, -0.1) is 23.7 Å². The fourth-order valence-corrected chi connectivity index (χ4v) is 2.27. The predicted octanol–water partition coefficient (Wildman–Crippen LogP) is 4.07. The first-order valence-corrected chi connectivity index (χ1v) is 5.07. The van der Waals surface area contributed by atoms with Crippen LogP contribution in [0.4, 0.5) is 5.69 Å². The van der Waals surface area contributed by atoms with Gasteiger partial charge in [-0.05, 0) is 18.2 Å². The first kappa shape index (κ1) is 11.4. The molecule has 1 aromatic heterocycles. The van der Waals surface area contributed by atoms with E-state index in [1.54, 1.807) is 11.3 Å². The van der Waals surface area contributed by atoms with Gasteiger partial charge in [0.05, 0.1) is 4.34 Å². The van der Waals surface area contributed by atoms with Crippen LogP contribution in [0.15, 0.2) is 36.4 Å². The van der Waals surface area contributed by atoms with Crippen molar-refractivity contribution in [3.8, 4) is 10.4 Å². The van der Waals surface area contributed by atoms with E-state index in [4.69, 9.17) is 17.3 Å². The van der Waals surface area contributed by atoms with Gasteiger partial charge in [0, 0.05) is 16.1 Å². The number of para-hydroxylation sites is 1. The van der Waals surface area contributed by atoms with E-state index in [1.165, 1.54) is 0 Å². The van der Waals surface area contributed by atoms with E-state index in [0.717, 1.165) is 20.5 Å².